The van der Waals surface area contributed by atoms with Crippen LogP contribution in [0.15, 0.2) is 5.38 Å². The third kappa shape index (κ3) is 2.25. The first-order valence-electron chi connectivity index (χ1n) is 6.28. The summed E-state index contributed by atoms with van der Waals surface area (Å²) >= 11 is 1.63. The van der Waals surface area contributed by atoms with Crippen molar-refractivity contribution in [3.05, 3.63) is 21.4 Å². The van der Waals surface area contributed by atoms with Crippen LogP contribution >= 0.6 is 11.3 Å². The lowest BCUT2D eigenvalue weighted by molar-refractivity contribution is 0.0695. The number of fused-ring (bicyclic) bond motifs is 1. The first kappa shape index (κ1) is 12.6. The van der Waals surface area contributed by atoms with Gasteiger partial charge in [0.15, 0.2) is 0 Å². The maximum atomic E-state index is 11.1. The summed E-state index contributed by atoms with van der Waals surface area (Å²) in [6.45, 7) is 6.90. The van der Waals surface area contributed by atoms with Crippen LogP contribution < -0.4 is 0 Å². The standard InChI is InChI=1S/C14H20O2S/c1-4-14(2,3)9-5-6-10-11(13(15)16)8-17-12(10)7-9/h8-9H,4-7H2,1-3H3,(H,15,16). The Bertz CT molecular complexity index is 431. The Balaban J connectivity index is 2.24. The molecule has 1 aromatic heterocycles. The average molecular weight is 252 g/mol. The van der Waals surface area contributed by atoms with Gasteiger partial charge in [-0.25, -0.2) is 4.79 Å². The SMILES string of the molecule is CCC(C)(C)C1CCc2c(C(=O)O)csc2C1. The van der Waals surface area contributed by atoms with Gasteiger partial charge in [0.1, 0.15) is 0 Å². The molecule has 1 aliphatic carbocycles. The highest BCUT2D eigenvalue weighted by molar-refractivity contribution is 7.10. The van der Waals surface area contributed by atoms with E-state index in [0.29, 0.717) is 16.9 Å². The van der Waals surface area contributed by atoms with Gasteiger partial charge in [0.05, 0.1) is 5.56 Å². The van der Waals surface area contributed by atoms with Crippen LogP contribution in [0.25, 0.3) is 0 Å². The summed E-state index contributed by atoms with van der Waals surface area (Å²) in [4.78, 5) is 12.4. The van der Waals surface area contributed by atoms with Gasteiger partial charge in [0, 0.05) is 10.3 Å². The third-order valence-corrected chi connectivity index (χ3v) is 5.45. The maximum Gasteiger partial charge on any atom is 0.336 e. The highest BCUT2D eigenvalue weighted by Gasteiger charge is 2.33. The summed E-state index contributed by atoms with van der Waals surface area (Å²) in [7, 11) is 0. The Labute approximate surface area is 107 Å². The molecule has 0 fully saturated rings. The van der Waals surface area contributed by atoms with E-state index >= 15 is 0 Å². The molecule has 1 heterocycles. The van der Waals surface area contributed by atoms with Crippen molar-refractivity contribution in [3.8, 4) is 0 Å². The molecule has 2 nitrogen and oxygen atoms in total. The monoisotopic (exact) mass is 252 g/mol. The lowest BCUT2D eigenvalue weighted by atomic mass is 9.69. The highest BCUT2D eigenvalue weighted by atomic mass is 32.1. The second-order valence-electron chi connectivity index (χ2n) is 5.64. The number of hydrogen-bond donors (Lipinski definition) is 1. The fourth-order valence-electron chi connectivity index (χ4n) is 2.65. The van der Waals surface area contributed by atoms with E-state index in [-0.39, 0.29) is 0 Å². The number of hydrogen-bond acceptors (Lipinski definition) is 2. The summed E-state index contributed by atoms with van der Waals surface area (Å²) in [6, 6.07) is 0. The largest absolute Gasteiger partial charge is 0.478 e. The van der Waals surface area contributed by atoms with Crippen LogP contribution in [0, 0.1) is 11.3 Å². The molecule has 1 aliphatic rings. The van der Waals surface area contributed by atoms with Crippen molar-refractivity contribution in [3.63, 3.8) is 0 Å². The molecule has 0 saturated heterocycles. The summed E-state index contributed by atoms with van der Waals surface area (Å²) in [5.41, 5.74) is 2.01. The van der Waals surface area contributed by atoms with Crippen molar-refractivity contribution >= 4 is 17.3 Å². The highest BCUT2D eigenvalue weighted by Crippen LogP contribution is 2.42. The minimum Gasteiger partial charge on any atom is -0.478 e. The Hall–Kier alpha value is -0.830. The summed E-state index contributed by atoms with van der Waals surface area (Å²) in [5.74, 6) is -0.0732. The van der Waals surface area contributed by atoms with Gasteiger partial charge in [-0.3, -0.25) is 0 Å². The molecule has 0 bridgehead atoms. The molecular weight excluding hydrogens is 232 g/mol. The zero-order valence-corrected chi connectivity index (χ0v) is 11.6. The van der Waals surface area contributed by atoms with Crippen LogP contribution in [0.3, 0.4) is 0 Å². The van der Waals surface area contributed by atoms with E-state index < -0.39 is 5.97 Å². The van der Waals surface area contributed by atoms with Crippen LogP contribution in [-0.2, 0) is 12.8 Å². The van der Waals surface area contributed by atoms with Gasteiger partial charge in [-0.1, -0.05) is 27.2 Å². The van der Waals surface area contributed by atoms with Crippen LogP contribution in [-0.4, -0.2) is 11.1 Å². The number of aromatic carboxylic acids is 1. The molecule has 0 radical (unpaired) electrons. The zero-order valence-electron chi connectivity index (χ0n) is 10.7. The molecule has 2 rings (SSSR count). The molecule has 1 N–H and O–H groups in total. The van der Waals surface area contributed by atoms with Crippen LogP contribution in [0.2, 0.25) is 0 Å². The molecule has 3 heteroatoms. The van der Waals surface area contributed by atoms with Gasteiger partial charge in [-0.15, -0.1) is 11.3 Å². The normalized spacial score (nSPS) is 20.1. The Kier molecular flexibility index (Phi) is 3.30. The van der Waals surface area contributed by atoms with E-state index in [9.17, 15) is 4.79 Å². The smallest absolute Gasteiger partial charge is 0.336 e. The fraction of sp³-hybridized carbons (Fsp3) is 0.643. The number of rotatable bonds is 3. The van der Waals surface area contributed by atoms with Gasteiger partial charge in [-0.05, 0) is 36.2 Å². The van der Waals surface area contributed by atoms with E-state index in [1.165, 1.54) is 11.3 Å². The Morgan fingerprint density at radius 1 is 1.59 bits per heavy atom. The molecule has 1 aromatic rings. The topological polar surface area (TPSA) is 37.3 Å². The van der Waals surface area contributed by atoms with E-state index in [0.717, 1.165) is 24.8 Å². The van der Waals surface area contributed by atoms with Gasteiger partial charge in [0.25, 0.3) is 0 Å². The van der Waals surface area contributed by atoms with Crippen LogP contribution in [0.1, 0.15) is 54.4 Å². The van der Waals surface area contributed by atoms with Crippen LogP contribution in [0.4, 0.5) is 0 Å². The first-order chi connectivity index (χ1) is 7.95. The van der Waals surface area contributed by atoms with Crippen molar-refractivity contribution < 1.29 is 9.90 Å². The molecule has 0 saturated carbocycles. The van der Waals surface area contributed by atoms with Gasteiger partial charge < -0.3 is 5.11 Å². The molecule has 0 aromatic carbocycles. The maximum absolute atomic E-state index is 11.1. The van der Waals surface area contributed by atoms with Gasteiger partial charge >= 0.3 is 5.97 Å². The Morgan fingerprint density at radius 2 is 2.29 bits per heavy atom. The zero-order chi connectivity index (χ0) is 12.6. The second kappa shape index (κ2) is 4.45. The van der Waals surface area contributed by atoms with Crippen molar-refractivity contribution in [2.45, 2.75) is 46.5 Å². The molecule has 1 atom stereocenters. The van der Waals surface area contributed by atoms with E-state index in [1.807, 2.05) is 5.38 Å². The predicted octanol–water partition coefficient (Wildman–Crippen LogP) is 3.99. The van der Waals surface area contributed by atoms with Crippen molar-refractivity contribution in [1.29, 1.82) is 0 Å². The summed E-state index contributed by atoms with van der Waals surface area (Å²) in [5, 5.41) is 10.9. The molecule has 17 heavy (non-hydrogen) atoms. The van der Waals surface area contributed by atoms with Crippen molar-refractivity contribution in [2.24, 2.45) is 11.3 Å². The molecule has 0 spiro atoms. The summed E-state index contributed by atoms with van der Waals surface area (Å²) < 4.78 is 0. The fourth-order valence-corrected chi connectivity index (χ4v) is 3.80. The van der Waals surface area contributed by atoms with E-state index in [4.69, 9.17) is 5.11 Å². The minimum absolute atomic E-state index is 0.366. The second-order valence-corrected chi connectivity index (χ2v) is 6.60. The number of thiophene rings is 1. The molecule has 0 aliphatic heterocycles. The summed E-state index contributed by atoms with van der Waals surface area (Å²) in [6.07, 6.45) is 4.32. The predicted molar refractivity (Wildman–Crippen MR) is 70.9 cm³/mol. The van der Waals surface area contributed by atoms with E-state index in [2.05, 4.69) is 20.8 Å². The van der Waals surface area contributed by atoms with E-state index in [1.54, 1.807) is 11.3 Å². The van der Waals surface area contributed by atoms with Crippen molar-refractivity contribution in [2.75, 3.05) is 0 Å². The minimum atomic E-state index is -0.768. The number of carboxylic acids is 1. The lowest BCUT2D eigenvalue weighted by Gasteiger charge is -2.36. The Morgan fingerprint density at radius 3 is 2.88 bits per heavy atom. The number of carboxylic acid groups (broad SMARTS) is 1. The van der Waals surface area contributed by atoms with Gasteiger partial charge in [-0.2, -0.15) is 0 Å². The third-order valence-electron chi connectivity index (χ3n) is 4.40. The van der Waals surface area contributed by atoms with Gasteiger partial charge in [0.2, 0.25) is 0 Å². The molecule has 1 unspecified atom stereocenters. The first-order valence-corrected chi connectivity index (χ1v) is 7.16. The lowest BCUT2D eigenvalue weighted by Crippen LogP contribution is -2.28. The average Bonchev–Trinajstić information content (AvgIpc) is 2.71. The number of carbonyl (C=O) groups is 1. The molecular formula is C14H20O2S. The van der Waals surface area contributed by atoms with Crippen molar-refractivity contribution in [1.82, 2.24) is 0 Å². The molecule has 0 amide bonds. The quantitative estimate of drug-likeness (QED) is 0.883. The van der Waals surface area contributed by atoms with Crippen LogP contribution in [0.5, 0.6) is 0 Å². The molecule has 94 valence electrons.